The number of sulfone groups is 1. The average Bonchev–Trinajstić information content (AvgIpc) is 2.81. The molecule has 1 aromatic heterocycles. The molecule has 1 amide bonds. The Hall–Kier alpha value is -3.11. The van der Waals surface area contributed by atoms with Crippen molar-refractivity contribution in [1.82, 2.24) is 15.3 Å². The van der Waals surface area contributed by atoms with Gasteiger partial charge in [-0.05, 0) is 41.8 Å². The highest BCUT2D eigenvalue weighted by atomic mass is 32.2. The number of ether oxygens (including phenoxy) is 1. The van der Waals surface area contributed by atoms with Crippen LogP contribution in [0.1, 0.15) is 18.1 Å². The van der Waals surface area contributed by atoms with E-state index < -0.39 is 20.3 Å². The molecule has 32 heavy (non-hydrogen) atoms. The molecule has 8 nitrogen and oxygen atoms in total. The topological polar surface area (TPSA) is 118 Å². The fourth-order valence-corrected chi connectivity index (χ4v) is 4.73. The van der Waals surface area contributed by atoms with Gasteiger partial charge < -0.3 is 15.0 Å². The lowest BCUT2D eigenvalue weighted by molar-refractivity contribution is -0.118. The zero-order valence-electron chi connectivity index (χ0n) is 17.6. The van der Waals surface area contributed by atoms with Crippen LogP contribution in [0.5, 0.6) is 5.75 Å². The summed E-state index contributed by atoms with van der Waals surface area (Å²) in [6.45, 7) is 2.29. The van der Waals surface area contributed by atoms with Crippen molar-refractivity contribution >= 4 is 27.5 Å². The van der Waals surface area contributed by atoms with Crippen molar-refractivity contribution < 1.29 is 17.9 Å². The lowest BCUT2D eigenvalue weighted by Gasteiger charge is -2.07. The number of benzene rings is 2. The molecule has 2 aromatic carbocycles. The molecule has 0 saturated carbocycles. The van der Waals surface area contributed by atoms with Crippen LogP contribution < -0.4 is 15.6 Å². The monoisotopic (exact) mass is 473 g/mol. The summed E-state index contributed by atoms with van der Waals surface area (Å²) in [5.74, 6) is 0.453. The van der Waals surface area contributed by atoms with Crippen molar-refractivity contribution in [2.75, 3.05) is 12.9 Å². The van der Waals surface area contributed by atoms with Crippen molar-refractivity contribution in [1.29, 1.82) is 0 Å². The van der Waals surface area contributed by atoms with Crippen molar-refractivity contribution in [3.8, 4) is 5.75 Å². The number of methoxy groups -OCH3 is 1. The maximum Gasteiger partial charge on any atom is 0.270 e. The summed E-state index contributed by atoms with van der Waals surface area (Å²) in [5, 5.41) is 2.93. The van der Waals surface area contributed by atoms with Crippen LogP contribution in [0.3, 0.4) is 0 Å². The van der Waals surface area contributed by atoms with Gasteiger partial charge in [0.1, 0.15) is 5.75 Å². The Morgan fingerprint density at radius 3 is 2.56 bits per heavy atom. The summed E-state index contributed by atoms with van der Waals surface area (Å²) in [4.78, 5) is 30.6. The van der Waals surface area contributed by atoms with Crippen LogP contribution in [0.2, 0.25) is 0 Å². The molecule has 3 aromatic rings. The second kappa shape index (κ2) is 10.5. The predicted molar refractivity (Wildman–Crippen MR) is 122 cm³/mol. The van der Waals surface area contributed by atoms with Gasteiger partial charge in [0, 0.05) is 6.54 Å². The van der Waals surface area contributed by atoms with Crippen LogP contribution >= 0.6 is 11.8 Å². The minimum Gasteiger partial charge on any atom is -0.497 e. The van der Waals surface area contributed by atoms with Crippen LogP contribution in [-0.4, -0.2) is 37.2 Å². The fraction of sp³-hybridized carbons (Fsp3) is 0.227. The quantitative estimate of drug-likeness (QED) is 0.362. The highest BCUT2D eigenvalue weighted by molar-refractivity contribution is 7.99. The number of aryl methyl sites for hydroxylation is 1. The number of amides is 1. The Labute approximate surface area is 190 Å². The number of rotatable bonds is 9. The SMILES string of the molecule is CCc1ccc(S(=O)(=O)c2cnc(SCC(=O)NCc3cccc(OC)c3)[nH]c2=O)cc1. The first-order chi connectivity index (χ1) is 15.3. The Kier molecular flexibility index (Phi) is 7.70. The van der Waals surface area contributed by atoms with E-state index >= 15 is 0 Å². The number of hydrogen-bond donors (Lipinski definition) is 2. The van der Waals surface area contributed by atoms with Gasteiger partial charge in [-0.15, -0.1) is 0 Å². The molecule has 0 saturated heterocycles. The van der Waals surface area contributed by atoms with Gasteiger partial charge in [0.25, 0.3) is 5.56 Å². The van der Waals surface area contributed by atoms with E-state index in [9.17, 15) is 18.0 Å². The highest BCUT2D eigenvalue weighted by Gasteiger charge is 2.22. The van der Waals surface area contributed by atoms with Crippen LogP contribution in [0.25, 0.3) is 0 Å². The maximum absolute atomic E-state index is 12.8. The number of nitrogens with zero attached hydrogens (tertiary/aromatic N) is 1. The Balaban J connectivity index is 1.62. The summed E-state index contributed by atoms with van der Waals surface area (Å²) in [5.41, 5.74) is 1.10. The normalized spacial score (nSPS) is 11.2. The van der Waals surface area contributed by atoms with Gasteiger partial charge >= 0.3 is 0 Å². The smallest absolute Gasteiger partial charge is 0.270 e. The third kappa shape index (κ3) is 5.77. The van der Waals surface area contributed by atoms with E-state index in [1.165, 1.54) is 12.1 Å². The summed E-state index contributed by atoms with van der Waals surface area (Å²) in [7, 11) is -2.42. The molecule has 0 aliphatic heterocycles. The van der Waals surface area contributed by atoms with E-state index in [1.54, 1.807) is 19.2 Å². The number of hydrogen-bond acceptors (Lipinski definition) is 7. The van der Waals surface area contributed by atoms with E-state index in [1.807, 2.05) is 31.2 Å². The van der Waals surface area contributed by atoms with Crippen molar-refractivity contribution in [3.63, 3.8) is 0 Å². The first-order valence-electron chi connectivity index (χ1n) is 9.79. The lowest BCUT2D eigenvalue weighted by Crippen LogP contribution is -2.25. The zero-order valence-corrected chi connectivity index (χ0v) is 19.3. The third-order valence-electron chi connectivity index (χ3n) is 4.64. The molecule has 2 N–H and O–H groups in total. The van der Waals surface area contributed by atoms with Gasteiger partial charge in [-0.25, -0.2) is 13.4 Å². The molecule has 168 valence electrons. The number of aromatic nitrogens is 2. The Morgan fingerprint density at radius 1 is 1.16 bits per heavy atom. The number of nitrogens with one attached hydrogen (secondary N) is 2. The van der Waals surface area contributed by atoms with Crippen LogP contribution in [0, 0.1) is 0 Å². The largest absolute Gasteiger partial charge is 0.497 e. The second-order valence-corrected chi connectivity index (χ2v) is 9.68. The fourth-order valence-electron chi connectivity index (χ4n) is 2.83. The second-order valence-electron chi connectivity index (χ2n) is 6.80. The minimum atomic E-state index is -3.99. The summed E-state index contributed by atoms with van der Waals surface area (Å²) >= 11 is 1.01. The van der Waals surface area contributed by atoms with E-state index in [0.29, 0.717) is 12.3 Å². The lowest BCUT2D eigenvalue weighted by atomic mass is 10.2. The van der Waals surface area contributed by atoms with E-state index in [0.717, 1.165) is 35.5 Å². The Morgan fingerprint density at radius 2 is 1.91 bits per heavy atom. The molecule has 0 aliphatic rings. The first-order valence-corrected chi connectivity index (χ1v) is 12.3. The van der Waals surface area contributed by atoms with Gasteiger partial charge in [-0.2, -0.15) is 0 Å². The van der Waals surface area contributed by atoms with Crippen LogP contribution in [0.4, 0.5) is 0 Å². The molecule has 0 unspecified atom stereocenters. The van der Waals surface area contributed by atoms with Crippen LogP contribution in [0.15, 0.2) is 74.5 Å². The average molecular weight is 474 g/mol. The van der Waals surface area contributed by atoms with Gasteiger partial charge in [-0.1, -0.05) is 43.0 Å². The van der Waals surface area contributed by atoms with Gasteiger partial charge in [0.2, 0.25) is 15.7 Å². The highest BCUT2D eigenvalue weighted by Crippen LogP contribution is 2.19. The van der Waals surface area contributed by atoms with Crippen molar-refractivity contribution in [2.24, 2.45) is 0 Å². The van der Waals surface area contributed by atoms with Crippen molar-refractivity contribution in [3.05, 3.63) is 76.2 Å². The molecule has 0 aliphatic carbocycles. The molecule has 0 fully saturated rings. The molecular formula is C22H23N3O5S2. The summed E-state index contributed by atoms with van der Waals surface area (Å²) in [6.07, 6.45) is 1.81. The van der Waals surface area contributed by atoms with E-state index in [-0.39, 0.29) is 21.7 Å². The summed E-state index contributed by atoms with van der Waals surface area (Å²) in [6, 6.07) is 13.7. The predicted octanol–water partition coefficient (Wildman–Crippen LogP) is 2.58. The number of H-pyrrole nitrogens is 1. The molecule has 0 spiro atoms. The molecule has 3 rings (SSSR count). The third-order valence-corrected chi connectivity index (χ3v) is 7.29. The minimum absolute atomic E-state index is 0.0114. The molecule has 0 atom stereocenters. The van der Waals surface area contributed by atoms with Gasteiger partial charge in [0.05, 0.1) is 24.0 Å². The zero-order chi connectivity index (χ0) is 23.1. The van der Waals surface area contributed by atoms with Gasteiger partial charge in [-0.3, -0.25) is 9.59 Å². The van der Waals surface area contributed by atoms with Crippen LogP contribution in [-0.2, 0) is 27.6 Å². The standard InChI is InChI=1S/C22H23N3O5S2/c1-3-15-7-9-18(10-8-15)32(28,29)19-13-24-22(25-21(19)27)31-14-20(26)23-12-16-5-4-6-17(11-16)30-2/h4-11,13H,3,12,14H2,1-2H3,(H,23,26)(H,24,25,27). The molecule has 0 bridgehead atoms. The van der Waals surface area contributed by atoms with Gasteiger partial charge in [0.15, 0.2) is 10.1 Å². The number of carbonyl (C=O) groups excluding carboxylic acids is 1. The molecule has 0 radical (unpaired) electrons. The van der Waals surface area contributed by atoms with E-state index in [4.69, 9.17) is 4.74 Å². The van der Waals surface area contributed by atoms with E-state index in [2.05, 4.69) is 15.3 Å². The number of aromatic amines is 1. The summed E-state index contributed by atoms with van der Waals surface area (Å²) < 4.78 is 30.7. The number of thioether (sulfide) groups is 1. The van der Waals surface area contributed by atoms with Crippen molar-refractivity contribution in [2.45, 2.75) is 34.8 Å². The molecule has 1 heterocycles. The number of carbonyl (C=O) groups is 1. The molecular weight excluding hydrogens is 450 g/mol. The first kappa shape index (κ1) is 23.6. The maximum atomic E-state index is 12.8. The Bertz CT molecular complexity index is 1260. The molecule has 10 heteroatoms.